The molecule has 0 radical (unpaired) electrons. The second-order valence-electron chi connectivity index (χ2n) is 7.28. The van der Waals surface area contributed by atoms with E-state index in [1.165, 1.54) is 22.3 Å². The van der Waals surface area contributed by atoms with Crippen LogP contribution in [0.5, 0.6) is 17.2 Å². The van der Waals surface area contributed by atoms with Crippen molar-refractivity contribution in [3.05, 3.63) is 89.0 Å². The number of ether oxygens (including phenoxy) is 3. The van der Waals surface area contributed by atoms with E-state index in [0.717, 1.165) is 36.6 Å². The highest BCUT2D eigenvalue weighted by atomic mass is 16.7. The van der Waals surface area contributed by atoms with Gasteiger partial charge in [0.15, 0.2) is 11.5 Å². The predicted octanol–water partition coefficient (Wildman–Crippen LogP) is 4.42. The van der Waals surface area contributed by atoms with E-state index in [0.29, 0.717) is 13.4 Å². The maximum absolute atomic E-state index is 5.90. The van der Waals surface area contributed by atoms with Gasteiger partial charge in [-0.1, -0.05) is 42.5 Å². The van der Waals surface area contributed by atoms with Gasteiger partial charge in [-0.2, -0.15) is 0 Å². The van der Waals surface area contributed by atoms with E-state index < -0.39 is 0 Å². The van der Waals surface area contributed by atoms with E-state index in [9.17, 15) is 0 Å². The summed E-state index contributed by atoms with van der Waals surface area (Å²) in [4.78, 5) is 0. The first-order valence-corrected chi connectivity index (χ1v) is 9.76. The van der Waals surface area contributed by atoms with Gasteiger partial charge in [0.05, 0.1) is 0 Å². The monoisotopic (exact) mass is 373 g/mol. The molecular weight excluding hydrogens is 350 g/mol. The van der Waals surface area contributed by atoms with Gasteiger partial charge in [0.1, 0.15) is 12.4 Å². The van der Waals surface area contributed by atoms with Crippen LogP contribution in [0, 0.1) is 0 Å². The van der Waals surface area contributed by atoms with E-state index >= 15 is 0 Å². The predicted molar refractivity (Wildman–Crippen MR) is 108 cm³/mol. The lowest BCUT2D eigenvalue weighted by atomic mass is 9.90. The van der Waals surface area contributed by atoms with E-state index in [2.05, 4.69) is 53.8 Å². The van der Waals surface area contributed by atoms with Crippen LogP contribution in [-0.4, -0.2) is 13.3 Å². The molecule has 1 atom stereocenters. The van der Waals surface area contributed by atoms with Crippen LogP contribution >= 0.6 is 0 Å². The summed E-state index contributed by atoms with van der Waals surface area (Å²) in [6.45, 7) is 1.89. The Morgan fingerprint density at radius 2 is 1.68 bits per heavy atom. The van der Waals surface area contributed by atoms with Crippen molar-refractivity contribution in [3.8, 4) is 17.2 Å². The summed E-state index contributed by atoms with van der Waals surface area (Å²) in [6, 6.07) is 23.2. The standard InChI is InChI=1S/C24H23NO3/c1-2-4-18(5-3-1)15-26-20-8-6-17(7-9-20)12-22-21-14-24-23(27-16-28-24)13-19(21)10-11-25-22/h1-9,13-14,22,25H,10-12,15-16H2/t22-/m1/s1. The topological polar surface area (TPSA) is 39.7 Å². The van der Waals surface area contributed by atoms with Crippen LogP contribution in [-0.2, 0) is 19.4 Å². The van der Waals surface area contributed by atoms with Crippen molar-refractivity contribution in [3.63, 3.8) is 0 Å². The summed E-state index contributed by atoms with van der Waals surface area (Å²) < 4.78 is 17.0. The molecule has 3 aromatic rings. The average Bonchev–Trinajstić information content (AvgIpc) is 3.20. The van der Waals surface area contributed by atoms with Crippen LogP contribution in [0.2, 0.25) is 0 Å². The molecule has 0 amide bonds. The van der Waals surface area contributed by atoms with Crippen LogP contribution in [0.15, 0.2) is 66.7 Å². The van der Waals surface area contributed by atoms with Gasteiger partial charge in [0.2, 0.25) is 6.79 Å². The van der Waals surface area contributed by atoms with E-state index in [-0.39, 0.29) is 6.04 Å². The van der Waals surface area contributed by atoms with E-state index in [1.807, 2.05) is 18.2 Å². The Bertz CT molecular complexity index is 954. The van der Waals surface area contributed by atoms with Crippen molar-refractivity contribution in [1.29, 1.82) is 0 Å². The number of benzene rings is 3. The van der Waals surface area contributed by atoms with Crippen LogP contribution in [0.3, 0.4) is 0 Å². The number of hydrogen-bond donors (Lipinski definition) is 1. The Hall–Kier alpha value is -2.98. The molecule has 1 N–H and O–H groups in total. The first kappa shape index (κ1) is 17.1. The lowest BCUT2D eigenvalue weighted by Gasteiger charge is -2.27. The molecule has 2 aliphatic rings. The maximum Gasteiger partial charge on any atom is 0.231 e. The summed E-state index contributed by atoms with van der Waals surface area (Å²) in [5.74, 6) is 2.63. The Kier molecular flexibility index (Phi) is 4.63. The third kappa shape index (κ3) is 3.56. The zero-order chi connectivity index (χ0) is 18.8. The van der Waals surface area contributed by atoms with Crippen molar-refractivity contribution in [2.45, 2.75) is 25.5 Å². The minimum atomic E-state index is 0.286. The quantitative estimate of drug-likeness (QED) is 0.718. The Morgan fingerprint density at radius 3 is 2.50 bits per heavy atom. The molecule has 4 heteroatoms. The minimum absolute atomic E-state index is 0.286. The lowest BCUT2D eigenvalue weighted by Crippen LogP contribution is -2.31. The van der Waals surface area contributed by atoms with Crippen molar-refractivity contribution in [2.75, 3.05) is 13.3 Å². The molecule has 0 fully saturated rings. The molecule has 2 aliphatic heterocycles. The zero-order valence-electron chi connectivity index (χ0n) is 15.7. The first-order valence-electron chi connectivity index (χ1n) is 9.76. The van der Waals surface area contributed by atoms with E-state index in [1.54, 1.807) is 0 Å². The Balaban J connectivity index is 1.27. The van der Waals surface area contributed by atoms with Crippen molar-refractivity contribution in [1.82, 2.24) is 5.32 Å². The van der Waals surface area contributed by atoms with Gasteiger partial charge < -0.3 is 19.5 Å². The van der Waals surface area contributed by atoms with Gasteiger partial charge in [-0.15, -0.1) is 0 Å². The van der Waals surface area contributed by atoms with Gasteiger partial charge in [-0.3, -0.25) is 0 Å². The second kappa shape index (κ2) is 7.56. The van der Waals surface area contributed by atoms with Crippen LogP contribution in [0.1, 0.15) is 28.3 Å². The summed E-state index contributed by atoms with van der Waals surface area (Å²) >= 11 is 0. The molecule has 2 heterocycles. The SMILES string of the molecule is c1ccc(COc2ccc(C[C@H]3NCCc4cc5c(cc43)OCO5)cc2)cc1. The second-order valence-corrected chi connectivity index (χ2v) is 7.28. The van der Waals surface area contributed by atoms with Crippen LogP contribution in [0.4, 0.5) is 0 Å². The van der Waals surface area contributed by atoms with Crippen molar-refractivity contribution in [2.24, 2.45) is 0 Å². The third-order valence-corrected chi connectivity index (χ3v) is 5.41. The maximum atomic E-state index is 5.90. The average molecular weight is 373 g/mol. The molecule has 142 valence electrons. The van der Waals surface area contributed by atoms with Crippen molar-refractivity contribution >= 4 is 0 Å². The first-order chi connectivity index (χ1) is 13.8. The molecular formula is C24H23NO3. The Labute approximate surface area is 165 Å². The summed E-state index contributed by atoms with van der Waals surface area (Å²) in [5, 5.41) is 3.65. The molecule has 0 bridgehead atoms. The Morgan fingerprint density at radius 1 is 0.893 bits per heavy atom. The number of rotatable bonds is 5. The summed E-state index contributed by atoms with van der Waals surface area (Å²) in [6.07, 6.45) is 1.96. The highest BCUT2D eigenvalue weighted by Crippen LogP contribution is 2.39. The third-order valence-electron chi connectivity index (χ3n) is 5.41. The normalized spacial score (nSPS) is 17.2. The summed E-state index contributed by atoms with van der Waals surface area (Å²) in [5.41, 5.74) is 5.14. The zero-order valence-corrected chi connectivity index (χ0v) is 15.7. The van der Waals surface area contributed by atoms with Crippen LogP contribution < -0.4 is 19.5 Å². The van der Waals surface area contributed by atoms with Gasteiger partial charge >= 0.3 is 0 Å². The summed E-state index contributed by atoms with van der Waals surface area (Å²) in [7, 11) is 0. The molecule has 0 aromatic heterocycles. The van der Waals surface area contributed by atoms with E-state index in [4.69, 9.17) is 14.2 Å². The molecule has 0 saturated carbocycles. The van der Waals surface area contributed by atoms with Gasteiger partial charge in [0, 0.05) is 6.04 Å². The smallest absolute Gasteiger partial charge is 0.231 e. The van der Waals surface area contributed by atoms with Crippen LogP contribution in [0.25, 0.3) is 0 Å². The highest BCUT2D eigenvalue weighted by Gasteiger charge is 2.25. The lowest BCUT2D eigenvalue weighted by molar-refractivity contribution is 0.174. The highest BCUT2D eigenvalue weighted by molar-refractivity contribution is 5.51. The molecule has 0 spiro atoms. The van der Waals surface area contributed by atoms with Crippen molar-refractivity contribution < 1.29 is 14.2 Å². The van der Waals surface area contributed by atoms with Gasteiger partial charge in [-0.25, -0.2) is 0 Å². The molecule has 0 unspecified atom stereocenters. The largest absolute Gasteiger partial charge is 0.489 e. The molecule has 4 nitrogen and oxygen atoms in total. The van der Waals surface area contributed by atoms with Gasteiger partial charge in [-0.05, 0) is 65.9 Å². The fourth-order valence-corrected chi connectivity index (χ4v) is 3.91. The number of hydrogen-bond acceptors (Lipinski definition) is 4. The molecule has 0 aliphatic carbocycles. The van der Waals surface area contributed by atoms with Gasteiger partial charge in [0.25, 0.3) is 0 Å². The molecule has 3 aromatic carbocycles. The fraction of sp³-hybridized carbons (Fsp3) is 0.250. The minimum Gasteiger partial charge on any atom is -0.489 e. The molecule has 5 rings (SSSR count). The number of fused-ring (bicyclic) bond motifs is 2. The molecule has 0 saturated heterocycles. The number of nitrogens with one attached hydrogen (secondary N) is 1. The molecule has 28 heavy (non-hydrogen) atoms. The fourth-order valence-electron chi connectivity index (χ4n) is 3.91.